The first kappa shape index (κ1) is 21.0. The zero-order chi connectivity index (χ0) is 22.0. The number of rotatable bonds is 5. The highest BCUT2D eigenvalue weighted by Crippen LogP contribution is 2.25. The Labute approximate surface area is 180 Å². The summed E-state index contributed by atoms with van der Waals surface area (Å²) >= 11 is 0. The lowest BCUT2D eigenvalue weighted by Gasteiger charge is -2.31. The van der Waals surface area contributed by atoms with Crippen molar-refractivity contribution in [2.75, 3.05) is 18.4 Å². The number of aryl methyl sites for hydroxylation is 1. The first-order valence-corrected chi connectivity index (χ1v) is 10.7. The number of nitrogens with zero attached hydrogens (tertiary/aromatic N) is 1. The molecule has 0 radical (unpaired) electrons. The number of halogens is 1. The van der Waals surface area contributed by atoms with E-state index in [0.717, 1.165) is 18.4 Å². The van der Waals surface area contributed by atoms with Gasteiger partial charge < -0.3 is 15.5 Å². The molecule has 2 aromatic carbocycles. The number of piperidine rings is 1. The lowest BCUT2D eigenvalue weighted by atomic mass is 9.95. The van der Waals surface area contributed by atoms with Gasteiger partial charge in [-0.25, -0.2) is 4.39 Å². The van der Waals surface area contributed by atoms with Crippen molar-refractivity contribution in [1.29, 1.82) is 0 Å². The molecule has 1 saturated carbocycles. The Morgan fingerprint density at radius 1 is 1.00 bits per heavy atom. The Kier molecular flexibility index (Phi) is 6.02. The molecule has 7 heteroatoms. The summed E-state index contributed by atoms with van der Waals surface area (Å²) < 4.78 is 13.9. The topological polar surface area (TPSA) is 78.5 Å². The lowest BCUT2D eigenvalue weighted by Crippen LogP contribution is -2.43. The van der Waals surface area contributed by atoms with Crippen LogP contribution in [0.2, 0.25) is 0 Å². The third-order valence-corrected chi connectivity index (χ3v) is 5.93. The number of hydrogen-bond donors (Lipinski definition) is 2. The van der Waals surface area contributed by atoms with Gasteiger partial charge in [-0.15, -0.1) is 0 Å². The Bertz CT molecular complexity index is 1010. The van der Waals surface area contributed by atoms with Crippen molar-refractivity contribution in [3.63, 3.8) is 0 Å². The van der Waals surface area contributed by atoms with Gasteiger partial charge in [-0.3, -0.25) is 14.4 Å². The molecule has 162 valence electrons. The summed E-state index contributed by atoms with van der Waals surface area (Å²) in [5, 5.41) is 5.75. The molecule has 2 N–H and O–H groups in total. The van der Waals surface area contributed by atoms with Crippen molar-refractivity contribution in [2.24, 2.45) is 5.92 Å². The number of carbonyl (C=O) groups excluding carboxylic acids is 3. The maximum absolute atomic E-state index is 13.9. The largest absolute Gasteiger partial charge is 0.353 e. The van der Waals surface area contributed by atoms with Gasteiger partial charge in [0.15, 0.2) is 0 Å². The second kappa shape index (κ2) is 8.88. The maximum Gasteiger partial charge on any atom is 0.258 e. The van der Waals surface area contributed by atoms with Crippen LogP contribution in [0.1, 0.15) is 52.0 Å². The number of likely N-dealkylation sites (tertiary alicyclic amines) is 1. The van der Waals surface area contributed by atoms with Crippen LogP contribution in [-0.4, -0.2) is 41.8 Å². The van der Waals surface area contributed by atoms with E-state index in [1.807, 2.05) is 6.92 Å². The average Bonchev–Trinajstić information content (AvgIpc) is 3.59. The molecule has 1 heterocycles. The zero-order valence-electron chi connectivity index (χ0n) is 17.5. The molecule has 0 unspecified atom stereocenters. The molecule has 4 rings (SSSR count). The smallest absolute Gasteiger partial charge is 0.258 e. The number of carbonyl (C=O) groups is 3. The summed E-state index contributed by atoms with van der Waals surface area (Å²) in [6.45, 7) is 2.86. The molecule has 6 nitrogen and oxygen atoms in total. The van der Waals surface area contributed by atoms with Crippen LogP contribution in [0.4, 0.5) is 10.1 Å². The molecule has 1 saturated heterocycles. The van der Waals surface area contributed by atoms with Crippen LogP contribution < -0.4 is 10.6 Å². The van der Waals surface area contributed by atoms with Gasteiger partial charge in [-0.2, -0.15) is 0 Å². The summed E-state index contributed by atoms with van der Waals surface area (Å²) in [7, 11) is 0. The van der Waals surface area contributed by atoms with Gasteiger partial charge in [0.25, 0.3) is 11.8 Å². The monoisotopic (exact) mass is 423 g/mol. The van der Waals surface area contributed by atoms with E-state index in [9.17, 15) is 18.8 Å². The summed E-state index contributed by atoms with van der Waals surface area (Å²) in [5.74, 6) is -1.24. The predicted molar refractivity (Wildman–Crippen MR) is 115 cm³/mol. The molecule has 1 aliphatic heterocycles. The van der Waals surface area contributed by atoms with Crippen molar-refractivity contribution in [3.05, 3.63) is 65.0 Å². The van der Waals surface area contributed by atoms with E-state index < -0.39 is 11.7 Å². The second-order valence-electron chi connectivity index (χ2n) is 8.31. The Balaban J connectivity index is 1.40. The van der Waals surface area contributed by atoms with E-state index >= 15 is 0 Å². The van der Waals surface area contributed by atoms with E-state index in [-0.39, 0.29) is 23.3 Å². The maximum atomic E-state index is 13.9. The van der Waals surface area contributed by atoms with Crippen LogP contribution in [0.15, 0.2) is 42.5 Å². The molecule has 0 spiro atoms. The SMILES string of the molecule is Cc1ccc(C(=O)N2CCC(C(=O)NC3CC3)CC2)cc1NC(=O)c1ccccc1F. The van der Waals surface area contributed by atoms with Crippen LogP contribution in [0.3, 0.4) is 0 Å². The van der Waals surface area contributed by atoms with Crippen LogP contribution in [-0.2, 0) is 4.79 Å². The fourth-order valence-corrected chi connectivity index (χ4v) is 3.80. The number of benzene rings is 2. The van der Waals surface area contributed by atoms with Gasteiger partial charge in [0.1, 0.15) is 5.82 Å². The van der Waals surface area contributed by atoms with Crippen LogP contribution in [0.25, 0.3) is 0 Å². The Hall–Kier alpha value is -3.22. The highest BCUT2D eigenvalue weighted by Gasteiger charge is 2.31. The third-order valence-electron chi connectivity index (χ3n) is 5.93. The van der Waals surface area contributed by atoms with E-state index in [2.05, 4.69) is 10.6 Å². The summed E-state index contributed by atoms with van der Waals surface area (Å²) in [6.07, 6.45) is 3.42. The minimum atomic E-state index is -0.599. The molecule has 31 heavy (non-hydrogen) atoms. The Morgan fingerprint density at radius 3 is 2.39 bits per heavy atom. The van der Waals surface area contributed by atoms with E-state index in [0.29, 0.717) is 43.2 Å². The molecular formula is C24H26FN3O3. The first-order chi connectivity index (χ1) is 14.9. The van der Waals surface area contributed by atoms with Crippen molar-refractivity contribution in [1.82, 2.24) is 10.2 Å². The summed E-state index contributed by atoms with van der Waals surface area (Å²) in [6, 6.07) is 11.2. The molecule has 1 aliphatic carbocycles. The van der Waals surface area contributed by atoms with E-state index in [1.54, 1.807) is 29.2 Å². The minimum Gasteiger partial charge on any atom is -0.353 e. The quantitative estimate of drug-likeness (QED) is 0.773. The van der Waals surface area contributed by atoms with Crippen LogP contribution in [0.5, 0.6) is 0 Å². The standard InChI is InChI=1S/C24H26FN3O3/c1-15-6-7-17(14-21(15)27-23(30)19-4-2-3-5-20(19)25)24(31)28-12-10-16(11-13-28)22(29)26-18-8-9-18/h2-7,14,16,18H,8-13H2,1H3,(H,26,29)(H,27,30). The van der Waals surface area contributed by atoms with E-state index in [4.69, 9.17) is 0 Å². The summed E-state index contributed by atoms with van der Waals surface area (Å²) in [4.78, 5) is 39.4. The number of amides is 3. The van der Waals surface area contributed by atoms with Gasteiger partial charge in [0.05, 0.1) is 5.56 Å². The third kappa shape index (κ3) is 4.93. The first-order valence-electron chi connectivity index (χ1n) is 10.7. The Morgan fingerprint density at radius 2 is 1.71 bits per heavy atom. The average molecular weight is 423 g/mol. The van der Waals surface area contributed by atoms with Crippen molar-refractivity contribution in [3.8, 4) is 0 Å². The van der Waals surface area contributed by atoms with Gasteiger partial charge in [0.2, 0.25) is 5.91 Å². The number of hydrogen-bond acceptors (Lipinski definition) is 3. The molecule has 0 bridgehead atoms. The van der Waals surface area contributed by atoms with Gasteiger partial charge in [-0.1, -0.05) is 18.2 Å². The normalized spacial score (nSPS) is 16.6. The lowest BCUT2D eigenvalue weighted by molar-refractivity contribution is -0.126. The van der Waals surface area contributed by atoms with Gasteiger partial charge in [0, 0.05) is 36.3 Å². The van der Waals surface area contributed by atoms with Crippen molar-refractivity contribution in [2.45, 2.75) is 38.6 Å². The zero-order valence-corrected chi connectivity index (χ0v) is 17.5. The van der Waals surface area contributed by atoms with Gasteiger partial charge >= 0.3 is 0 Å². The molecule has 2 fully saturated rings. The molecular weight excluding hydrogens is 397 g/mol. The predicted octanol–water partition coefficient (Wildman–Crippen LogP) is 3.52. The minimum absolute atomic E-state index is 0.0433. The summed E-state index contributed by atoms with van der Waals surface area (Å²) in [5.41, 5.74) is 1.65. The molecule has 0 atom stereocenters. The fraction of sp³-hybridized carbons (Fsp3) is 0.375. The molecule has 2 aromatic rings. The van der Waals surface area contributed by atoms with Crippen LogP contribution in [0, 0.1) is 18.7 Å². The molecule has 3 amide bonds. The van der Waals surface area contributed by atoms with Gasteiger partial charge in [-0.05, 0) is 62.4 Å². The second-order valence-corrected chi connectivity index (χ2v) is 8.31. The molecule has 2 aliphatic rings. The highest BCUT2D eigenvalue weighted by molar-refractivity contribution is 6.05. The number of anilines is 1. The van der Waals surface area contributed by atoms with E-state index in [1.165, 1.54) is 18.2 Å². The number of nitrogens with one attached hydrogen (secondary N) is 2. The van der Waals surface area contributed by atoms with Crippen molar-refractivity contribution >= 4 is 23.4 Å². The highest BCUT2D eigenvalue weighted by atomic mass is 19.1. The van der Waals surface area contributed by atoms with Crippen LogP contribution >= 0.6 is 0 Å². The fourth-order valence-electron chi connectivity index (χ4n) is 3.80. The van der Waals surface area contributed by atoms with Crippen molar-refractivity contribution < 1.29 is 18.8 Å². The molecule has 0 aromatic heterocycles.